The maximum absolute atomic E-state index is 11.8. The van der Waals surface area contributed by atoms with Crippen LogP contribution in [0.4, 0.5) is 5.69 Å². The van der Waals surface area contributed by atoms with Crippen LogP contribution < -0.4 is 0 Å². The molecule has 1 aromatic rings. The Bertz CT molecular complexity index is 656. The van der Waals surface area contributed by atoms with Crippen molar-refractivity contribution in [2.75, 3.05) is 13.2 Å². The van der Waals surface area contributed by atoms with E-state index in [1.807, 2.05) is 0 Å². The molecule has 0 aromatic heterocycles. The average molecular weight is 391 g/mol. The van der Waals surface area contributed by atoms with Gasteiger partial charge in [-0.05, 0) is 24.5 Å². The number of benzene rings is 1. The molecule has 0 radical (unpaired) electrons. The van der Waals surface area contributed by atoms with E-state index in [0.29, 0.717) is 12.2 Å². The number of aliphatic hydroxyl groups excluding tert-OH is 1. The number of carbonyl (C=O) groups is 2. The molecule has 0 fully saturated rings. The van der Waals surface area contributed by atoms with Crippen LogP contribution in [-0.2, 0) is 14.3 Å². The third-order valence-electron chi connectivity index (χ3n) is 4.18. The highest BCUT2D eigenvalue weighted by molar-refractivity contribution is 6.03. The molecule has 1 N–H and O–H groups in total. The number of ketones is 1. The van der Waals surface area contributed by atoms with Crippen molar-refractivity contribution in [2.45, 2.75) is 57.8 Å². The molecule has 1 aromatic carbocycles. The normalized spacial score (nSPS) is 10.9. The number of esters is 1. The molecule has 1 rings (SSSR count). The molecule has 154 valence electrons. The number of aliphatic hydroxyl groups is 1. The second-order valence-electron chi connectivity index (χ2n) is 6.60. The molecule has 0 saturated carbocycles. The molecule has 0 spiro atoms. The quantitative estimate of drug-likeness (QED) is 0.120. The van der Waals surface area contributed by atoms with Crippen LogP contribution in [0.3, 0.4) is 0 Å². The third kappa shape index (κ3) is 11.2. The zero-order valence-corrected chi connectivity index (χ0v) is 16.2. The Morgan fingerprint density at radius 1 is 1.04 bits per heavy atom. The van der Waals surface area contributed by atoms with Crippen LogP contribution in [-0.4, -0.2) is 35.0 Å². The van der Waals surface area contributed by atoms with Gasteiger partial charge in [-0.3, -0.25) is 19.7 Å². The fraction of sp³-hybridized carbons (Fsp3) is 0.524. The van der Waals surface area contributed by atoms with Gasteiger partial charge in [0.2, 0.25) is 0 Å². The van der Waals surface area contributed by atoms with Crippen LogP contribution in [0.1, 0.15) is 63.4 Å². The Hall–Kier alpha value is -2.54. The van der Waals surface area contributed by atoms with E-state index in [4.69, 9.17) is 9.84 Å². The van der Waals surface area contributed by atoms with Crippen molar-refractivity contribution in [1.29, 1.82) is 0 Å². The maximum atomic E-state index is 11.8. The molecule has 0 unspecified atom stereocenters. The largest absolute Gasteiger partial charge is 0.465 e. The second-order valence-corrected chi connectivity index (χ2v) is 6.60. The Balaban J connectivity index is 2.14. The van der Waals surface area contributed by atoms with Crippen molar-refractivity contribution >= 4 is 23.5 Å². The highest BCUT2D eigenvalue weighted by atomic mass is 16.6. The first-order valence-electron chi connectivity index (χ1n) is 9.75. The highest BCUT2D eigenvalue weighted by Gasteiger charge is 2.09. The number of rotatable bonds is 15. The zero-order chi connectivity index (χ0) is 20.6. The van der Waals surface area contributed by atoms with E-state index in [2.05, 4.69) is 0 Å². The predicted molar refractivity (Wildman–Crippen MR) is 107 cm³/mol. The van der Waals surface area contributed by atoms with E-state index in [9.17, 15) is 19.7 Å². The lowest BCUT2D eigenvalue weighted by Gasteiger charge is -2.04. The topological polar surface area (TPSA) is 107 Å². The molecular weight excluding hydrogens is 362 g/mol. The minimum atomic E-state index is -0.558. The van der Waals surface area contributed by atoms with Crippen LogP contribution in [0.5, 0.6) is 0 Å². The summed E-state index contributed by atoms with van der Waals surface area (Å²) in [5.41, 5.74) is 0.464. The van der Waals surface area contributed by atoms with Crippen LogP contribution >= 0.6 is 0 Å². The number of nitro benzene ring substituents is 1. The van der Waals surface area contributed by atoms with E-state index >= 15 is 0 Å². The van der Waals surface area contributed by atoms with Crippen molar-refractivity contribution in [3.8, 4) is 0 Å². The second kappa shape index (κ2) is 14.5. The summed E-state index contributed by atoms with van der Waals surface area (Å²) < 4.78 is 5.06. The lowest BCUT2D eigenvalue weighted by molar-refractivity contribution is -0.384. The Labute approximate surface area is 165 Å². The van der Waals surface area contributed by atoms with Gasteiger partial charge in [0, 0.05) is 18.7 Å². The smallest absolute Gasteiger partial charge is 0.313 e. The molecule has 0 aliphatic carbocycles. The van der Waals surface area contributed by atoms with Gasteiger partial charge in [-0.25, -0.2) is 0 Å². The standard InChI is InChI=1S/C21H29NO6/c23-14-7-5-3-1-2-4-6-8-15-28-21(25)17-20(24)13-12-18-10-9-11-19(16-18)22(26)27/h9-13,16,23H,1-8,14-15,17H2. The number of ether oxygens (including phenoxy) is 1. The van der Waals surface area contributed by atoms with Gasteiger partial charge in [-0.15, -0.1) is 0 Å². The van der Waals surface area contributed by atoms with Crippen molar-refractivity contribution in [1.82, 2.24) is 0 Å². The van der Waals surface area contributed by atoms with Gasteiger partial charge in [-0.1, -0.05) is 56.7 Å². The molecular formula is C21H29NO6. The number of carbonyl (C=O) groups excluding carboxylic acids is 2. The van der Waals surface area contributed by atoms with E-state index in [1.165, 1.54) is 30.4 Å². The van der Waals surface area contributed by atoms with Gasteiger partial charge in [0.05, 0.1) is 11.5 Å². The van der Waals surface area contributed by atoms with Crippen LogP contribution in [0.25, 0.3) is 6.08 Å². The van der Waals surface area contributed by atoms with Crippen LogP contribution in [0.2, 0.25) is 0 Å². The molecule has 0 heterocycles. The number of nitro groups is 1. The minimum absolute atomic E-state index is 0.0563. The first-order valence-corrected chi connectivity index (χ1v) is 9.75. The number of hydrogen-bond donors (Lipinski definition) is 1. The monoisotopic (exact) mass is 391 g/mol. The summed E-state index contributed by atoms with van der Waals surface area (Å²) in [5, 5.41) is 19.4. The summed E-state index contributed by atoms with van der Waals surface area (Å²) in [7, 11) is 0. The van der Waals surface area contributed by atoms with Crippen LogP contribution in [0, 0.1) is 10.1 Å². The summed E-state index contributed by atoms with van der Waals surface area (Å²) >= 11 is 0. The SMILES string of the molecule is O=C(C=Cc1cccc([N+](=O)[O-])c1)CC(=O)OCCCCCCCCCCO. The van der Waals surface area contributed by atoms with E-state index < -0.39 is 16.7 Å². The summed E-state index contributed by atoms with van der Waals surface area (Å²) in [6, 6.07) is 5.90. The molecule has 0 bridgehead atoms. The lowest BCUT2D eigenvalue weighted by Crippen LogP contribution is -2.10. The molecule has 7 heteroatoms. The molecule has 0 amide bonds. The van der Waals surface area contributed by atoms with E-state index in [1.54, 1.807) is 6.07 Å². The van der Waals surface area contributed by atoms with Crippen molar-refractivity contribution < 1.29 is 24.4 Å². The van der Waals surface area contributed by atoms with Crippen molar-refractivity contribution in [3.05, 3.63) is 46.0 Å². The molecule has 0 atom stereocenters. The van der Waals surface area contributed by atoms with E-state index in [-0.39, 0.29) is 18.7 Å². The van der Waals surface area contributed by atoms with Gasteiger partial charge in [0.25, 0.3) is 5.69 Å². The number of non-ortho nitro benzene ring substituents is 1. The first-order chi connectivity index (χ1) is 13.5. The fourth-order valence-electron chi connectivity index (χ4n) is 2.64. The molecule has 0 saturated heterocycles. The predicted octanol–water partition coefficient (Wildman–Crippen LogP) is 4.22. The van der Waals surface area contributed by atoms with Gasteiger partial charge in [-0.2, -0.15) is 0 Å². The van der Waals surface area contributed by atoms with Crippen LogP contribution in [0.15, 0.2) is 30.3 Å². The van der Waals surface area contributed by atoms with Gasteiger partial charge < -0.3 is 9.84 Å². The Morgan fingerprint density at radius 3 is 2.32 bits per heavy atom. The summed E-state index contributed by atoms with van der Waals surface area (Å²) in [4.78, 5) is 33.7. The number of hydrogen-bond acceptors (Lipinski definition) is 6. The zero-order valence-electron chi connectivity index (χ0n) is 16.2. The third-order valence-corrected chi connectivity index (χ3v) is 4.18. The number of allylic oxidation sites excluding steroid dienone is 1. The Kier molecular flexibility index (Phi) is 12.2. The highest BCUT2D eigenvalue weighted by Crippen LogP contribution is 2.14. The molecule has 28 heavy (non-hydrogen) atoms. The molecule has 7 nitrogen and oxygen atoms in total. The van der Waals surface area contributed by atoms with Gasteiger partial charge in [0.1, 0.15) is 6.42 Å². The lowest BCUT2D eigenvalue weighted by atomic mass is 10.1. The number of nitrogens with zero attached hydrogens (tertiary/aromatic N) is 1. The molecule has 0 aliphatic heterocycles. The average Bonchev–Trinajstić information content (AvgIpc) is 2.68. The van der Waals surface area contributed by atoms with Crippen molar-refractivity contribution in [2.24, 2.45) is 0 Å². The summed E-state index contributed by atoms with van der Waals surface area (Å²) in [5.74, 6) is -0.961. The van der Waals surface area contributed by atoms with Gasteiger partial charge >= 0.3 is 5.97 Å². The number of unbranched alkanes of at least 4 members (excludes halogenated alkanes) is 7. The summed E-state index contributed by atoms with van der Waals surface area (Å²) in [6.07, 6.45) is 10.6. The first kappa shape index (κ1) is 23.5. The summed E-state index contributed by atoms with van der Waals surface area (Å²) in [6.45, 7) is 0.573. The van der Waals surface area contributed by atoms with Gasteiger partial charge in [0.15, 0.2) is 5.78 Å². The Morgan fingerprint density at radius 2 is 1.68 bits per heavy atom. The fourth-order valence-corrected chi connectivity index (χ4v) is 2.64. The van der Waals surface area contributed by atoms with E-state index in [0.717, 1.165) is 51.4 Å². The molecule has 0 aliphatic rings. The van der Waals surface area contributed by atoms with Crippen molar-refractivity contribution in [3.63, 3.8) is 0 Å². The minimum Gasteiger partial charge on any atom is -0.465 e. The maximum Gasteiger partial charge on any atom is 0.313 e.